The molecule has 1 aromatic rings. The molecule has 2 rings (SSSR count). The van der Waals surface area contributed by atoms with Crippen LogP contribution in [0.25, 0.3) is 0 Å². The first-order valence-electron chi connectivity index (χ1n) is 7.45. The summed E-state index contributed by atoms with van der Waals surface area (Å²) in [6.07, 6.45) is 2.35. The van der Waals surface area contributed by atoms with E-state index in [2.05, 4.69) is 27.4 Å². The zero-order chi connectivity index (χ0) is 17.0. The number of rotatable bonds is 7. The van der Waals surface area contributed by atoms with Gasteiger partial charge in [-0.15, -0.1) is 0 Å². The molecule has 1 aliphatic rings. The third-order valence-electron chi connectivity index (χ3n) is 4.11. The van der Waals surface area contributed by atoms with Gasteiger partial charge in [0.2, 0.25) is 0 Å². The molecule has 1 fully saturated rings. The van der Waals surface area contributed by atoms with Crippen molar-refractivity contribution < 1.29 is 19.4 Å². The lowest BCUT2D eigenvalue weighted by Gasteiger charge is -2.21. The number of halogens is 1. The maximum absolute atomic E-state index is 11.3. The third-order valence-corrected chi connectivity index (χ3v) is 4.70. The largest absolute Gasteiger partial charge is 0.493 e. The second-order valence-corrected chi connectivity index (χ2v) is 6.89. The minimum atomic E-state index is -0.730. The van der Waals surface area contributed by atoms with Crippen LogP contribution in [0.1, 0.15) is 18.9 Å². The van der Waals surface area contributed by atoms with Crippen LogP contribution in [-0.2, 0) is 11.3 Å². The Hall–Kier alpha value is -1.53. The van der Waals surface area contributed by atoms with Gasteiger partial charge >= 0.3 is 5.97 Å². The number of carbonyl (C=O) groups is 1. The first kappa shape index (κ1) is 17.8. The molecule has 0 spiro atoms. The van der Waals surface area contributed by atoms with Gasteiger partial charge in [-0.25, -0.2) is 0 Å². The van der Waals surface area contributed by atoms with Gasteiger partial charge in [0.05, 0.1) is 17.0 Å². The lowest BCUT2D eigenvalue weighted by atomic mass is 9.90. The summed E-state index contributed by atoms with van der Waals surface area (Å²) in [5, 5.41) is 9.32. The number of benzene rings is 1. The molecular weight excluding hydrogens is 362 g/mol. The van der Waals surface area contributed by atoms with Crippen molar-refractivity contribution in [2.75, 3.05) is 26.8 Å². The molecule has 6 heteroatoms. The molecule has 5 nitrogen and oxygen atoms in total. The fourth-order valence-corrected chi connectivity index (χ4v) is 3.37. The van der Waals surface area contributed by atoms with E-state index in [0.717, 1.165) is 16.6 Å². The summed E-state index contributed by atoms with van der Waals surface area (Å²) in [7, 11) is 1.60. The van der Waals surface area contributed by atoms with Crippen molar-refractivity contribution in [2.45, 2.75) is 19.9 Å². The highest BCUT2D eigenvalue weighted by atomic mass is 79.9. The first-order chi connectivity index (χ1) is 10.9. The minimum Gasteiger partial charge on any atom is -0.493 e. The fraction of sp³-hybridized carbons (Fsp3) is 0.471. The van der Waals surface area contributed by atoms with Crippen LogP contribution in [0.5, 0.6) is 11.5 Å². The van der Waals surface area contributed by atoms with Gasteiger partial charge in [0, 0.05) is 13.1 Å². The average molecular weight is 384 g/mol. The number of aliphatic carboxylic acids is 1. The van der Waals surface area contributed by atoms with Gasteiger partial charge in [0.25, 0.3) is 0 Å². The highest BCUT2D eigenvalue weighted by Crippen LogP contribution is 2.38. The average Bonchev–Trinajstić information content (AvgIpc) is 2.88. The summed E-state index contributed by atoms with van der Waals surface area (Å²) in [5.41, 5.74) is 0.392. The highest BCUT2D eigenvalue weighted by molar-refractivity contribution is 9.10. The third kappa shape index (κ3) is 4.06. The Bertz CT molecular complexity index is 605. The van der Waals surface area contributed by atoms with Gasteiger partial charge < -0.3 is 14.6 Å². The Balaban J connectivity index is 2.14. The SMILES string of the molecule is C=CCOc1c(Br)cc(CN2CCC(C)(C(=O)O)C2)cc1OC. The van der Waals surface area contributed by atoms with Gasteiger partial charge in [-0.2, -0.15) is 0 Å². The van der Waals surface area contributed by atoms with Crippen molar-refractivity contribution in [1.29, 1.82) is 0 Å². The van der Waals surface area contributed by atoms with Crippen LogP contribution in [0, 0.1) is 5.41 Å². The molecule has 1 aliphatic heterocycles. The quantitative estimate of drug-likeness (QED) is 0.731. The Kier molecular flexibility index (Phi) is 5.70. The molecule has 126 valence electrons. The molecule has 0 aliphatic carbocycles. The van der Waals surface area contributed by atoms with Crippen LogP contribution < -0.4 is 9.47 Å². The molecule has 0 saturated carbocycles. The predicted molar refractivity (Wildman–Crippen MR) is 92.0 cm³/mol. The predicted octanol–water partition coefficient (Wildman–Crippen LogP) is 3.32. The van der Waals surface area contributed by atoms with E-state index < -0.39 is 11.4 Å². The molecule has 0 aromatic heterocycles. The molecule has 1 N–H and O–H groups in total. The number of likely N-dealkylation sites (tertiary alicyclic amines) is 1. The highest BCUT2D eigenvalue weighted by Gasteiger charge is 2.40. The van der Waals surface area contributed by atoms with Crippen molar-refractivity contribution in [3.8, 4) is 11.5 Å². The molecule has 1 aromatic carbocycles. The number of carboxylic acid groups (broad SMARTS) is 1. The summed E-state index contributed by atoms with van der Waals surface area (Å²) in [4.78, 5) is 13.5. The lowest BCUT2D eigenvalue weighted by Crippen LogP contribution is -2.31. The van der Waals surface area contributed by atoms with Crippen molar-refractivity contribution in [2.24, 2.45) is 5.41 Å². The van der Waals surface area contributed by atoms with E-state index >= 15 is 0 Å². The van der Waals surface area contributed by atoms with Crippen LogP contribution in [0.2, 0.25) is 0 Å². The normalized spacial score (nSPS) is 21.2. The maximum atomic E-state index is 11.3. The molecule has 0 bridgehead atoms. The van der Waals surface area contributed by atoms with Crippen molar-refractivity contribution in [1.82, 2.24) is 4.90 Å². The second kappa shape index (κ2) is 7.36. The van der Waals surface area contributed by atoms with E-state index in [1.54, 1.807) is 20.1 Å². The van der Waals surface area contributed by atoms with Crippen molar-refractivity contribution in [3.63, 3.8) is 0 Å². The number of methoxy groups -OCH3 is 1. The van der Waals surface area contributed by atoms with E-state index in [-0.39, 0.29) is 0 Å². The summed E-state index contributed by atoms with van der Waals surface area (Å²) < 4.78 is 11.8. The molecular formula is C17H22BrNO4. The molecule has 1 saturated heterocycles. The number of hydrogen-bond acceptors (Lipinski definition) is 4. The van der Waals surface area contributed by atoms with E-state index in [9.17, 15) is 9.90 Å². The van der Waals surface area contributed by atoms with Crippen molar-refractivity contribution >= 4 is 21.9 Å². The van der Waals surface area contributed by atoms with E-state index in [4.69, 9.17) is 9.47 Å². The van der Waals surface area contributed by atoms with Crippen LogP contribution in [0.15, 0.2) is 29.3 Å². The fourth-order valence-electron chi connectivity index (χ4n) is 2.77. The van der Waals surface area contributed by atoms with Gasteiger partial charge in [-0.3, -0.25) is 9.69 Å². The van der Waals surface area contributed by atoms with E-state index in [1.165, 1.54) is 0 Å². The zero-order valence-corrected chi connectivity index (χ0v) is 15.1. The Morgan fingerprint density at radius 1 is 1.57 bits per heavy atom. The summed E-state index contributed by atoms with van der Waals surface area (Å²) in [6, 6.07) is 3.91. The summed E-state index contributed by atoms with van der Waals surface area (Å²) in [5.74, 6) is 0.566. The Labute approximate surface area is 145 Å². The lowest BCUT2D eigenvalue weighted by molar-refractivity contribution is -0.147. The number of carboxylic acids is 1. The maximum Gasteiger partial charge on any atom is 0.310 e. The molecule has 1 atom stereocenters. The standard InChI is InChI=1S/C17H22BrNO4/c1-4-7-23-15-13(18)8-12(9-14(15)22-3)10-19-6-5-17(2,11-19)16(20)21/h4,8-9H,1,5-7,10-11H2,2-3H3,(H,20,21). The van der Waals surface area contributed by atoms with Crippen LogP contribution >= 0.6 is 15.9 Å². The van der Waals surface area contributed by atoms with Crippen LogP contribution in [0.4, 0.5) is 0 Å². The number of ether oxygens (including phenoxy) is 2. The second-order valence-electron chi connectivity index (χ2n) is 6.04. The monoisotopic (exact) mass is 383 g/mol. The minimum absolute atomic E-state index is 0.400. The molecule has 0 radical (unpaired) electrons. The summed E-state index contributed by atoms with van der Waals surface area (Å²) >= 11 is 3.51. The zero-order valence-electron chi connectivity index (χ0n) is 13.5. The molecule has 1 heterocycles. The molecule has 23 heavy (non-hydrogen) atoms. The van der Waals surface area contributed by atoms with E-state index in [1.807, 2.05) is 12.1 Å². The van der Waals surface area contributed by atoms with Gasteiger partial charge in [0.15, 0.2) is 11.5 Å². The smallest absolute Gasteiger partial charge is 0.310 e. The van der Waals surface area contributed by atoms with Crippen molar-refractivity contribution in [3.05, 3.63) is 34.8 Å². The number of hydrogen-bond donors (Lipinski definition) is 1. The van der Waals surface area contributed by atoms with Gasteiger partial charge in [-0.05, 0) is 53.5 Å². The van der Waals surface area contributed by atoms with Crippen LogP contribution in [-0.4, -0.2) is 42.8 Å². The molecule has 1 unspecified atom stereocenters. The first-order valence-corrected chi connectivity index (χ1v) is 8.25. The Morgan fingerprint density at radius 3 is 2.87 bits per heavy atom. The van der Waals surface area contributed by atoms with Crippen LogP contribution in [0.3, 0.4) is 0 Å². The summed E-state index contributed by atoms with van der Waals surface area (Å²) in [6.45, 7) is 7.85. The Morgan fingerprint density at radius 2 is 2.30 bits per heavy atom. The van der Waals surface area contributed by atoms with Gasteiger partial charge in [-0.1, -0.05) is 12.7 Å². The van der Waals surface area contributed by atoms with Gasteiger partial charge in [0.1, 0.15) is 6.61 Å². The molecule has 0 amide bonds. The van der Waals surface area contributed by atoms with E-state index in [0.29, 0.717) is 37.6 Å². The topological polar surface area (TPSA) is 59.0 Å². The number of nitrogens with zero attached hydrogens (tertiary/aromatic N) is 1.